The maximum atomic E-state index is 14.5. The summed E-state index contributed by atoms with van der Waals surface area (Å²) in [5.74, 6) is -1.03. The molecule has 4 heterocycles. The predicted molar refractivity (Wildman–Crippen MR) is 188 cm³/mol. The molecular formula is C36H35ClN6O5S. The summed E-state index contributed by atoms with van der Waals surface area (Å²) >= 11 is 9.23. The Kier molecular flexibility index (Phi) is 9.42. The molecule has 3 aliphatic rings. The summed E-state index contributed by atoms with van der Waals surface area (Å²) in [5.41, 5.74) is 4.05. The van der Waals surface area contributed by atoms with Gasteiger partial charge in [-0.05, 0) is 37.1 Å². The molecule has 3 aromatic carbocycles. The molecular weight excluding hydrogens is 664 g/mol. The minimum atomic E-state index is -2.32. The number of hydrazine groups is 1. The molecule has 4 aromatic rings. The number of hydrogen-bond acceptors (Lipinski definition) is 10. The average molecular weight is 699 g/mol. The molecule has 2 fully saturated rings. The normalized spacial score (nSPS) is 25.8. The van der Waals surface area contributed by atoms with Crippen LogP contribution in [-0.2, 0) is 4.74 Å². The van der Waals surface area contributed by atoms with E-state index in [2.05, 4.69) is 29.1 Å². The largest absolute Gasteiger partial charge is 0.387 e. The van der Waals surface area contributed by atoms with Crippen molar-refractivity contribution in [1.29, 1.82) is 0 Å². The van der Waals surface area contributed by atoms with Crippen LogP contribution in [0.2, 0.25) is 0 Å². The number of piperidine rings is 1. The predicted octanol–water partition coefficient (Wildman–Crippen LogP) is 4.63. The molecule has 0 spiro atoms. The van der Waals surface area contributed by atoms with E-state index in [4.69, 9.17) is 21.3 Å². The van der Waals surface area contributed by atoms with Gasteiger partial charge >= 0.3 is 0 Å². The lowest BCUT2D eigenvalue weighted by Crippen LogP contribution is -2.59. The number of amidine groups is 1. The zero-order valence-electron chi connectivity index (χ0n) is 26.4. The fourth-order valence-electron chi connectivity index (χ4n) is 6.30. The average Bonchev–Trinajstić information content (AvgIpc) is 3.69. The zero-order chi connectivity index (χ0) is 34.1. The van der Waals surface area contributed by atoms with E-state index in [0.717, 1.165) is 17.7 Å². The van der Waals surface area contributed by atoms with E-state index < -0.39 is 41.4 Å². The summed E-state index contributed by atoms with van der Waals surface area (Å²) in [6.07, 6.45) is -0.252. The number of rotatable bonds is 8. The first-order chi connectivity index (χ1) is 23.8. The molecule has 2 saturated heterocycles. The van der Waals surface area contributed by atoms with Gasteiger partial charge in [-0.25, -0.2) is 19.9 Å². The number of amides is 1. The van der Waals surface area contributed by atoms with E-state index in [1.807, 2.05) is 35.0 Å². The van der Waals surface area contributed by atoms with Crippen molar-refractivity contribution in [3.63, 3.8) is 0 Å². The number of aromatic nitrogens is 2. The number of aliphatic hydroxyl groups excluding tert-OH is 2. The Morgan fingerprint density at radius 2 is 1.55 bits per heavy atom. The van der Waals surface area contributed by atoms with Crippen molar-refractivity contribution in [2.24, 2.45) is 4.99 Å². The highest BCUT2D eigenvalue weighted by molar-refractivity contribution is 8.00. The number of thioether (sulfide) groups is 1. The second kappa shape index (κ2) is 13.9. The van der Waals surface area contributed by atoms with E-state index in [1.165, 1.54) is 21.9 Å². The third kappa shape index (κ3) is 6.31. The number of hydrogen-bond donors (Lipinski definition) is 3. The lowest BCUT2D eigenvalue weighted by Gasteiger charge is -2.40. The lowest BCUT2D eigenvalue weighted by molar-refractivity contribution is -0.0259. The second-order valence-electron chi connectivity index (χ2n) is 12.0. The Labute approximate surface area is 292 Å². The molecule has 3 unspecified atom stereocenters. The zero-order valence-corrected chi connectivity index (χ0v) is 28.0. The monoisotopic (exact) mass is 698 g/mol. The first-order valence-electron chi connectivity index (χ1n) is 16.0. The van der Waals surface area contributed by atoms with E-state index in [-0.39, 0.29) is 28.5 Å². The van der Waals surface area contributed by atoms with Crippen molar-refractivity contribution < 1.29 is 24.5 Å². The molecule has 0 bridgehead atoms. The third-order valence-corrected chi connectivity index (χ3v) is 10.6. The van der Waals surface area contributed by atoms with Gasteiger partial charge in [-0.1, -0.05) is 84.4 Å². The standard InChI is InChI=1S/C36H35ClN6O5S/c1-2-27-29(44)30(45)35(48-27)42-22-38-28-32(40-41-20-18-26(19-21-41)49-25-16-10-5-11-17-25)39-36(37,31(46)23-12-6-3-7-13-23)43(33(28)42)34(47)24-14-8-4-9-15-24/h2-17,22,26-27,29-30,35,44-45H,1,18-21H2,(H,39,40)/t27-,29?,30?,35-,36?/m1/s1. The number of fused-ring (bicyclic) bond motifs is 1. The molecule has 0 aliphatic carbocycles. The summed E-state index contributed by atoms with van der Waals surface area (Å²) in [4.78, 5) is 40.7. The number of benzene rings is 3. The van der Waals surface area contributed by atoms with Crippen molar-refractivity contribution >= 4 is 46.7 Å². The van der Waals surface area contributed by atoms with Crippen LogP contribution < -0.4 is 10.3 Å². The van der Waals surface area contributed by atoms with E-state index in [1.54, 1.807) is 60.7 Å². The van der Waals surface area contributed by atoms with Gasteiger partial charge in [0.2, 0.25) is 5.78 Å². The van der Waals surface area contributed by atoms with Gasteiger partial charge in [0.1, 0.15) is 24.0 Å². The van der Waals surface area contributed by atoms with Gasteiger partial charge in [0.15, 0.2) is 17.9 Å². The van der Waals surface area contributed by atoms with Crippen LogP contribution in [0.5, 0.6) is 0 Å². The van der Waals surface area contributed by atoms with Gasteiger partial charge < -0.3 is 20.4 Å². The summed E-state index contributed by atoms with van der Waals surface area (Å²) in [6.45, 7) is 5.06. The Bertz CT molecular complexity index is 1850. The molecule has 11 nitrogen and oxygen atoms in total. The highest BCUT2D eigenvalue weighted by atomic mass is 35.5. The molecule has 0 radical (unpaired) electrons. The maximum Gasteiger partial charge on any atom is 0.283 e. The van der Waals surface area contributed by atoms with Gasteiger partial charge in [0.05, 0.1) is 6.33 Å². The van der Waals surface area contributed by atoms with Gasteiger partial charge in [-0.15, -0.1) is 18.3 Å². The highest BCUT2D eigenvalue weighted by Crippen LogP contribution is 2.43. The van der Waals surface area contributed by atoms with Crippen molar-refractivity contribution in [1.82, 2.24) is 20.0 Å². The van der Waals surface area contributed by atoms with Gasteiger partial charge in [-0.3, -0.25) is 14.2 Å². The molecule has 252 valence electrons. The van der Waals surface area contributed by atoms with Crippen LogP contribution in [0, 0.1) is 0 Å². The van der Waals surface area contributed by atoms with Crippen molar-refractivity contribution in [2.45, 2.75) is 52.6 Å². The van der Waals surface area contributed by atoms with Crippen LogP contribution in [0.1, 0.15) is 45.5 Å². The van der Waals surface area contributed by atoms with Crippen LogP contribution in [0.15, 0.2) is 120 Å². The van der Waals surface area contributed by atoms with Crippen LogP contribution in [0.25, 0.3) is 0 Å². The molecule has 0 saturated carbocycles. The van der Waals surface area contributed by atoms with E-state index in [0.29, 0.717) is 18.3 Å². The summed E-state index contributed by atoms with van der Waals surface area (Å²) in [5, 5.41) is 21.9. The van der Waals surface area contributed by atoms with E-state index >= 15 is 0 Å². The maximum absolute atomic E-state index is 14.5. The Hall–Kier alpha value is -4.30. The number of halogens is 1. The lowest BCUT2D eigenvalue weighted by atomic mass is 10.0. The van der Waals surface area contributed by atoms with Crippen LogP contribution in [0.3, 0.4) is 0 Å². The fourth-order valence-corrected chi connectivity index (χ4v) is 7.80. The highest BCUT2D eigenvalue weighted by Gasteiger charge is 2.54. The topological polar surface area (TPSA) is 133 Å². The van der Waals surface area contributed by atoms with Crippen LogP contribution in [-0.4, -0.2) is 84.1 Å². The van der Waals surface area contributed by atoms with Crippen LogP contribution >= 0.6 is 23.4 Å². The molecule has 1 aromatic heterocycles. The molecule has 49 heavy (non-hydrogen) atoms. The Morgan fingerprint density at radius 1 is 0.939 bits per heavy atom. The number of anilines is 1. The number of carbonyl (C=O) groups excluding carboxylic acids is 2. The Morgan fingerprint density at radius 3 is 2.16 bits per heavy atom. The van der Waals surface area contributed by atoms with Crippen LogP contribution in [0.4, 0.5) is 5.82 Å². The third-order valence-electron chi connectivity index (χ3n) is 8.84. The number of ketones is 1. The number of alkyl halides is 1. The Balaban J connectivity index is 1.30. The van der Waals surface area contributed by atoms with Gasteiger partial charge in [0.25, 0.3) is 11.0 Å². The summed E-state index contributed by atoms with van der Waals surface area (Å²) < 4.78 is 7.42. The summed E-state index contributed by atoms with van der Waals surface area (Å²) in [6, 6.07) is 27.1. The van der Waals surface area contributed by atoms with Gasteiger partial charge in [-0.2, -0.15) is 0 Å². The molecule has 13 heteroatoms. The number of aliphatic imine (C=N–C) groups is 1. The first-order valence-corrected chi connectivity index (χ1v) is 17.3. The molecule has 7 rings (SSSR count). The number of carbonyl (C=O) groups is 2. The van der Waals surface area contributed by atoms with Crippen molar-refractivity contribution in [3.05, 3.63) is 127 Å². The number of aliphatic hydroxyl groups is 2. The molecule has 5 atom stereocenters. The smallest absolute Gasteiger partial charge is 0.283 e. The van der Waals surface area contributed by atoms with Gasteiger partial charge in [0, 0.05) is 34.4 Å². The molecule has 3 N–H and O–H groups in total. The van der Waals surface area contributed by atoms with E-state index in [9.17, 15) is 19.8 Å². The molecule has 1 amide bonds. The minimum Gasteiger partial charge on any atom is -0.387 e. The first kappa shape index (κ1) is 33.2. The summed E-state index contributed by atoms with van der Waals surface area (Å²) in [7, 11) is 0. The number of Topliss-reactive ketones (excluding diaryl/α,β-unsaturated/α-hetero) is 1. The second-order valence-corrected chi connectivity index (χ2v) is 13.9. The number of imidazole rings is 1. The van der Waals surface area contributed by atoms with Crippen molar-refractivity contribution in [3.8, 4) is 0 Å². The number of ether oxygens (including phenoxy) is 1. The van der Waals surface area contributed by atoms with Crippen molar-refractivity contribution in [2.75, 3.05) is 18.0 Å². The number of nitrogens with one attached hydrogen (secondary N) is 1. The number of nitrogens with zero attached hydrogens (tertiary/aromatic N) is 5. The quantitative estimate of drug-likeness (QED) is 0.104. The fraction of sp³-hybridized carbons (Fsp3) is 0.278. The SMILES string of the molecule is C=C[C@H]1O[C@@H](n2cnc3c2N(C(=O)c2ccccc2)C(Cl)(C(=O)c2ccccc2)N=C3NN2CCC(Sc3ccccc3)CC2)C(O)C1O. The molecule has 3 aliphatic heterocycles. The minimum absolute atomic E-state index is 0.0705.